The highest BCUT2D eigenvalue weighted by Crippen LogP contribution is 2.23. The lowest BCUT2D eigenvalue weighted by Gasteiger charge is -2.18. The van der Waals surface area contributed by atoms with E-state index in [-0.39, 0.29) is 12.3 Å². The summed E-state index contributed by atoms with van der Waals surface area (Å²) in [5, 5.41) is 0. The van der Waals surface area contributed by atoms with Gasteiger partial charge in [-0.2, -0.15) is 4.31 Å². The molecule has 0 bridgehead atoms. The molecule has 2 N–H and O–H groups in total. The van der Waals surface area contributed by atoms with Gasteiger partial charge in [-0.25, -0.2) is 8.42 Å². The third kappa shape index (κ3) is 2.77. The molecule has 0 amide bonds. The van der Waals surface area contributed by atoms with Crippen molar-refractivity contribution in [3.8, 4) is 5.75 Å². The summed E-state index contributed by atoms with van der Waals surface area (Å²) in [6, 6.07) is 7.49. The number of hydrogen-bond acceptors (Lipinski definition) is 4. The van der Waals surface area contributed by atoms with E-state index in [1.165, 1.54) is 4.31 Å². The molecule has 0 saturated heterocycles. The molecule has 0 radical (unpaired) electrons. The van der Waals surface area contributed by atoms with Crippen LogP contribution in [0.3, 0.4) is 0 Å². The minimum Gasteiger partial charge on any atom is -0.492 e. The van der Waals surface area contributed by atoms with E-state index in [0.717, 1.165) is 11.3 Å². The zero-order chi connectivity index (χ0) is 12.3. The second-order valence-corrected chi connectivity index (χ2v) is 5.98. The van der Waals surface area contributed by atoms with Crippen molar-refractivity contribution in [3.05, 3.63) is 29.8 Å². The molecular formula is C11H16N2O3S. The molecule has 6 heteroatoms. The maximum absolute atomic E-state index is 11.9. The maximum Gasteiger partial charge on any atom is 0.215 e. The van der Waals surface area contributed by atoms with E-state index in [0.29, 0.717) is 19.7 Å². The maximum atomic E-state index is 11.9. The number of sulfonamides is 1. The molecular weight excluding hydrogens is 240 g/mol. The lowest BCUT2D eigenvalue weighted by Crippen LogP contribution is -2.36. The number of para-hydroxylation sites is 1. The van der Waals surface area contributed by atoms with Crippen LogP contribution in [-0.4, -0.2) is 38.2 Å². The molecule has 2 rings (SSSR count). The number of rotatable bonds is 3. The van der Waals surface area contributed by atoms with E-state index < -0.39 is 10.0 Å². The van der Waals surface area contributed by atoms with Gasteiger partial charge in [0.1, 0.15) is 12.4 Å². The standard InChI is InChI=1S/C11H16N2O3S/c12-5-8-17(14,15)13-6-7-16-11-4-2-1-3-10(11)9-13/h1-4H,5-9,12H2. The molecule has 5 nitrogen and oxygen atoms in total. The SMILES string of the molecule is NCCS(=O)(=O)N1CCOc2ccccc2C1. The number of nitrogens with two attached hydrogens (primary N) is 1. The van der Waals surface area contributed by atoms with Crippen LogP contribution in [0.5, 0.6) is 5.75 Å². The first kappa shape index (κ1) is 12.3. The molecule has 0 atom stereocenters. The summed E-state index contributed by atoms with van der Waals surface area (Å²) in [4.78, 5) is 0. The van der Waals surface area contributed by atoms with Crippen molar-refractivity contribution in [2.45, 2.75) is 6.54 Å². The zero-order valence-electron chi connectivity index (χ0n) is 9.50. The second-order valence-electron chi connectivity index (χ2n) is 3.89. The third-order valence-electron chi connectivity index (χ3n) is 2.69. The van der Waals surface area contributed by atoms with Gasteiger partial charge in [0.05, 0.1) is 5.75 Å². The smallest absolute Gasteiger partial charge is 0.215 e. The lowest BCUT2D eigenvalue weighted by molar-refractivity contribution is 0.293. The largest absolute Gasteiger partial charge is 0.492 e. The summed E-state index contributed by atoms with van der Waals surface area (Å²) in [6.45, 7) is 1.25. The van der Waals surface area contributed by atoms with Gasteiger partial charge in [0.25, 0.3) is 0 Å². The lowest BCUT2D eigenvalue weighted by atomic mass is 10.2. The van der Waals surface area contributed by atoms with E-state index in [1.807, 2.05) is 24.3 Å². The van der Waals surface area contributed by atoms with Crippen LogP contribution in [0.4, 0.5) is 0 Å². The fourth-order valence-electron chi connectivity index (χ4n) is 1.82. The molecule has 1 aromatic rings. The minimum absolute atomic E-state index is 0.0187. The Hall–Kier alpha value is -1.11. The monoisotopic (exact) mass is 256 g/mol. The molecule has 0 fully saturated rings. The minimum atomic E-state index is -3.27. The second kappa shape index (κ2) is 5.03. The van der Waals surface area contributed by atoms with Crippen LogP contribution in [0, 0.1) is 0 Å². The van der Waals surface area contributed by atoms with Crippen molar-refractivity contribution >= 4 is 10.0 Å². The molecule has 1 aliphatic heterocycles. The summed E-state index contributed by atoms with van der Waals surface area (Å²) in [6.07, 6.45) is 0. The molecule has 0 aromatic heterocycles. The molecule has 0 aliphatic carbocycles. The first-order valence-electron chi connectivity index (χ1n) is 5.52. The van der Waals surface area contributed by atoms with E-state index >= 15 is 0 Å². The van der Waals surface area contributed by atoms with Gasteiger partial charge in [-0.15, -0.1) is 0 Å². The average Bonchev–Trinajstić information content (AvgIpc) is 2.51. The van der Waals surface area contributed by atoms with Crippen LogP contribution >= 0.6 is 0 Å². The predicted octanol–water partition coefficient (Wildman–Crippen LogP) is 0.170. The fraction of sp³-hybridized carbons (Fsp3) is 0.455. The van der Waals surface area contributed by atoms with Gasteiger partial charge in [0.2, 0.25) is 10.0 Å². The molecule has 1 aliphatic rings. The number of nitrogens with zero attached hydrogens (tertiary/aromatic N) is 1. The van der Waals surface area contributed by atoms with Crippen LogP contribution in [0.25, 0.3) is 0 Å². The topological polar surface area (TPSA) is 72.6 Å². The fourth-order valence-corrected chi connectivity index (χ4v) is 3.06. The van der Waals surface area contributed by atoms with Gasteiger partial charge in [-0.05, 0) is 6.07 Å². The van der Waals surface area contributed by atoms with Gasteiger partial charge in [-0.1, -0.05) is 18.2 Å². The van der Waals surface area contributed by atoms with Crippen LogP contribution < -0.4 is 10.5 Å². The zero-order valence-corrected chi connectivity index (χ0v) is 10.3. The Labute approximate surface area is 101 Å². The normalized spacial score (nSPS) is 17.0. The summed E-state index contributed by atoms with van der Waals surface area (Å²) >= 11 is 0. The van der Waals surface area contributed by atoms with E-state index in [9.17, 15) is 8.42 Å². The van der Waals surface area contributed by atoms with Crippen molar-refractivity contribution in [1.29, 1.82) is 0 Å². The molecule has 1 aromatic carbocycles. The van der Waals surface area contributed by atoms with Crippen molar-refractivity contribution < 1.29 is 13.2 Å². The van der Waals surface area contributed by atoms with Crippen LogP contribution in [0.15, 0.2) is 24.3 Å². The van der Waals surface area contributed by atoms with Gasteiger partial charge in [-0.3, -0.25) is 0 Å². The van der Waals surface area contributed by atoms with Crippen LogP contribution in [-0.2, 0) is 16.6 Å². The number of ether oxygens (including phenoxy) is 1. The molecule has 94 valence electrons. The van der Waals surface area contributed by atoms with Crippen molar-refractivity contribution in [2.75, 3.05) is 25.4 Å². The van der Waals surface area contributed by atoms with E-state index in [1.54, 1.807) is 0 Å². The highest BCUT2D eigenvalue weighted by atomic mass is 32.2. The van der Waals surface area contributed by atoms with Crippen molar-refractivity contribution in [1.82, 2.24) is 4.31 Å². The molecule has 17 heavy (non-hydrogen) atoms. The Kier molecular flexibility index (Phi) is 3.66. The first-order valence-corrected chi connectivity index (χ1v) is 7.13. The van der Waals surface area contributed by atoms with E-state index in [2.05, 4.69) is 0 Å². The van der Waals surface area contributed by atoms with Crippen molar-refractivity contribution in [2.24, 2.45) is 5.73 Å². The quantitative estimate of drug-likeness (QED) is 0.836. The predicted molar refractivity (Wildman–Crippen MR) is 65.2 cm³/mol. The van der Waals surface area contributed by atoms with Crippen LogP contribution in [0.2, 0.25) is 0 Å². The highest BCUT2D eigenvalue weighted by molar-refractivity contribution is 7.89. The molecule has 0 unspecified atom stereocenters. The first-order chi connectivity index (χ1) is 8.13. The number of benzene rings is 1. The number of hydrogen-bond donors (Lipinski definition) is 1. The molecule has 0 spiro atoms. The van der Waals surface area contributed by atoms with E-state index in [4.69, 9.17) is 10.5 Å². The van der Waals surface area contributed by atoms with Gasteiger partial charge < -0.3 is 10.5 Å². The third-order valence-corrected chi connectivity index (χ3v) is 4.54. The Morgan fingerprint density at radius 1 is 1.35 bits per heavy atom. The van der Waals surface area contributed by atoms with Gasteiger partial charge in [0.15, 0.2) is 0 Å². The highest BCUT2D eigenvalue weighted by Gasteiger charge is 2.24. The average molecular weight is 256 g/mol. The Balaban J connectivity index is 2.24. The Bertz CT molecular complexity index is 487. The molecule has 1 heterocycles. The summed E-state index contributed by atoms with van der Waals surface area (Å²) in [5.41, 5.74) is 6.21. The summed E-state index contributed by atoms with van der Waals surface area (Å²) in [5.74, 6) is 0.743. The Morgan fingerprint density at radius 2 is 2.12 bits per heavy atom. The molecule has 0 saturated carbocycles. The Morgan fingerprint density at radius 3 is 2.88 bits per heavy atom. The van der Waals surface area contributed by atoms with Gasteiger partial charge in [0, 0.05) is 25.2 Å². The summed E-state index contributed by atoms with van der Waals surface area (Å²) < 4.78 is 30.8. The van der Waals surface area contributed by atoms with Crippen molar-refractivity contribution in [3.63, 3.8) is 0 Å². The summed E-state index contributed by atoms with van der Waals surface area (Å²) in [7, 11) is -3.27. The number of fused-ring (bicyclic) bond motifs is 1. The van der Waals surface area contributed by atoms with Gasteiger partial charge >= 0.3 is 0 Å². The van der Waals surface area contributed by atoms with Crippen LogP contribution in [0.1, 0.15) is 5.56 Å².